The monoisotopic (exact) mass is 371 g/mol. The lowest BCUT2D eigenvalue weighted by atomic mass is 9.90. The minimum Gasteiger partial charge on any atom is -0.335 e. The van der Waals surface area contributed by atoms with Gasteiger partial charge in [0.25, 0.3) is 5.56 Å². The molecule has 0 aromatic carbocycles. The van der Waals surface area contributed by atoms with Crippen LogP contribution < -0.4 is 11.3 Å². The van der Waals surface area contributed by atoms with E-state index in [-0.39, 0.29) is 42.6 Å². The molecule has 0 bridgehead atoms. The second-order valence-electron chi connectivity index (χ2n) is 7.37. The molecule has 2 N–H and O–H groups in total. The second-order valence-corrected chi connectivity index (χ2v) is 7.37. The van der Waals surface area contributed by atoms with Crippen molar-refractivity contribution in [2.75, 3.05) is 6.54 Å². The van der Waals surface area contributed by atoms with Crippen molar-refractivity contribution in [3.63, 3.8) is 0 Å². The number of hydrogen-bond donors (Lipinski definition) is 1. The van der Waals surface area contributed by atoms with Gasteiger partial charge in [-0.15, -0.1) is 0 Å². The van der Waals surface area contributed by atoms with Crippen LogP contribution in [-0.4, -0.2) is 28.0 Å². The average molecular weight is 371 g/mol. The summed E-state index contributed by atoms with van der Waals surface area (Å²) in [6.07, 6.45) is -1.26. The summed E-state index contributed by atoms with van der Waals surface area (Å²) in [4.78, 5) is 26.5. The van der Waals surface area contributed by atoms with Gasteiger partial charge in [-0.05, 0) is 31.2 Å². The normalized spacial score (nSPS) is 26.0. The Balaban J connectivity index is 1.82. The van der Waals surface area contributed by atoms with Crippen LogP contribution in [-0.2, 0) is 24.1 Å². The second kappa shape index (κ2) is 7.06. The molecular weight excluding hydrogens is 347 g/mol. The molecule has 8 heteroatoms. The molecule has 1 aliphatic carbocycles. The van der Waals surface area contributed by atoms with Crippen LogP contribution in [0, 0.1) is 11.8 Å². The first-order valence-electron chi connectivity index (χ1n) is 9.06. The quantitative estimate of drug-likeness (QED) is 0.887. The topological polar surface area (TPSA) is 68.3 Å². The molecule has 1 fully saturated rings. The van der Waals surface area contributed by atoms with Crippen LogP contribution in [0.4, 0.5) is 13.2 Å². The molecule has 1 saturated carbocycles. The van der Waals surface area contributed by atoms with Crippen molar-refractivity contribution in [3.8, 4) is 0 Å². The van der Waals surface area contributed by atoms with Gasteiger partial charge in [0.2, 0.25) is 5.91 Å². The number of alkyl halides is 3. The minimum atomic E-state index is -4.58. The molecule has 3 atom stereocenters. The van der Waals surface area contributed by atoms with E-state index in [0.717, 1.165) is 25.3 Å². The minimum absolute atomic E-state index is 0.00275. The van der Waals surface area contributed by atoms with Crippen molar-refractivity contribution in [2.24, 2.45) is 17.6 Å². The fourth-order valence-corrected chi connectivity index (χ4v) is 4.28. The van der Waals surface area contributed by atoms with Crippen molar-refractivity contribution in [1.82, 2.24) is 9.47 Å². The molecule has 2 aliphatic rings. The Morgan fingerprint density at radius 1 is 1.27 bits per heavy atom. The highest BCUT2D eigenvalue weighted by Crippen LogP contribution is 2.36. The number of rotatable bonds is 3. The Morgan fingerprint density at radius 3 is 2.65 bits per heavy atom. The molecule has 1 amide bonds. The van der Waals surface area contributed by atoms with E-state index in [1.807, 2.05) is 0 Å². The predicted molar refractivity (Wildman–Crippen MR) is 90.2 cm³/mol. The fourth-order valence-electron chi connectivity index (χ4n) is 4.28. The number of aromatic nitrogens is 1. The van der Waals surface area contributed by atoms with E-state index in [4.69, 9.17) is 5.73 Å². The first-order chi connectivity index (χ1) is 12.2. The third kappa shape index (κ3) is 3.65. The van der Waals surface area contributed by atoms with Gasteiger partial charge in [-0.1, -0.05) is 13.3 Å². The number of nitrogens with two attached hydrogens (primary N) is 1. The van der Waals surface area contributed by atoms with Crippen molar-refractivity contribution < 1.29 is 18.0 Å². The van der Waals surface area contributed by atoms with Gasteiger partial charge >= 0.3 is 6.18 Å². The van der Waals surface area contributed by atoms with Crippen LogP contribution in [0.1, 0.15) is 43.9 Å². The molecule has 5 nitrogen and oxygen atoms in total. The Labute approximate surface area is 150 Å². The highest BCUT2D eigenvalue weighted by atomic mass is 19.4. The maximum Gasteiger partial charge on any atom is 0.416 e. The van der Waals surface area contributed by atoms with Crippen molar-refractivity contribution in [2.45, 2.75) is 57.9 Å². The Kier molecular flexibility index (Phi) is 5.14. The number of amides is 1. The third-order valence-electron chi connectivity index (χ3n) is 5.51. The van der Waals surface area contributed by atoms with E-state index >= 15 is 0 Å². The van der Waals surface area contributed by atoms with Gasteiger partial charge in [-0.25, -0.2) is 0 Å². The van der Waals surface area contributed by atoms with Gasteiger partial charge in [0, 0.05) is 36.8 Å². The first-order valence-corrected chi connectivity index (χ1v) is 9.06. The third-order valence-corrected chi connectivity index (χ3v) is 5.51. The zero-order valence-electron chi connectivity index (χ0n) is 14.8. The largest absolute Gasteiger partial charge is 0.416 e. The summed E-state index contributed by atoms with van der Waals surface area (Å²) in [5.74, 6) is 0.00894. The van der Waals surface area contributed by atoms with E-state index in [9.17, 15) is 22.8 Å². The summed E-state index contributed by atoms with van der Waals surface area (Å²) in [7, 11) is 0. The van der Waals surface area contributed by atoms with Crippen LogP contribution >= 0.6 is 0 Å². The molecule has 144 valence electrons. The van der Waals surface area contributed by atoms with Gasteiger partial charge in [-0.2, -0.15) is 13.2 Å². The molecule has 1 unspecified atom stereocenters. The van der Waals surface area contributed by atoms with E-state index in [2.05, 4.69) is 6.92 Å². The Morgan fingerprint density at radius 2 is 2.00 bits per heavy atom. The summed E-state index contributed by atoms with van der Waals surface area (Å²) in [6, 6.07) is 1.59. The number of hydrogen-bond acceptors (Lipinski definition) is 3. The lowest BCUT2D eigenvalue weighted by molar-refractivity contribution is -0.138. The molecule has 0 saturated heterocycles. The molecule has 1 aromatic heterocycles. The molecule has 1 aromatic rings. The smallest absolute Gasteiger partial charge is 0.335 e. The number of carbonyl (C=O) groups is 1. The van der Waals surface area contributed by atoms with E-state index in [0.29, 0.717) is 19.0 Å². The number of pyridine rings is 1. The predicted octanol–water partition coefficient (Wildman–Crippen LogP) is 2.36. The zero-order chi connectivity index (χ0) is 19.1. The highest BCUT2D eigenvalue weighted by Gasteiger charge is 2.40. The molecule has 1 aliphatic heterocycles. The van der Waals surface area contributed by atoms with Crippen LogP contribution in [0.5, 0.6) is 0 Å². The Bertz CT molecular complexity index is 744. The van der Waals surface area contributed by atoms with Gasteiger partial charge < -0.3 is 15.2 Å². The molecule has 2 heterocycles. The van der Waals surface area contributed by atoms with E-state index in [1.54, 1.807) is 4.90 Å². The van der Waals surface area contributed by atoms with Crippen molar-refractivity contribution in [3.05, 3.63) is 33.7 Å². The van der Waals surface area contributed by atoms with E-state index in [1.165, 1.54) is 4.57 Å². The van der Waals surface area contributed by atoms with Crippen LogP contribution in [0.2, 0.25) is 0 Å². The van der Waals surface area contributed by atoms with Crippen molar-refractivity contribution in [1.29, 1.82) is 0 Å². The molecule has 0 radical (unpaired) electrons. The molecular formula is C18H24F3N3O2. The lowest BCUT2D eigenvalue weighted by Crippen LogP contribution is -2.45. The standard InChI is InChI=1S/C18H24F3N3O2/c1-2-3-11-6-13(22)9-15(11)17(26)23-4-5-24-14(10-23)7-12(8-16(24)25)18(19,20)21/h7-8,11,13,15H,2-6,9-10,22H2,1H3/t11?,13-,15-/m1/s1. The molecule has 3 rings (SSSR count). The summed E-state index contributed by atoms with van der Waals surface area (Å²) in [6.45, 7) is 2.65. The lowest BCUT2D eigenvalue weighted by Gasteiger charge is -2.33. The summed E-state index contributed by atoms with van der Waals surface area (Å²) >= 11 is 0. The fraction of sp³-hybridized carbons (Fsp3) is 0.667. The average Bonchev–Trinajstić information content (AvgIpc) is 2.93. The summed E-state index contributed by atoms with van der Waals surface area (Å²) in [5.41, 5.74) is 4.64. The van der Waals surface area contributed by atoms with Crippen LogP contribution in [0.3, 0.4) is 0 Å². The molecule has 26 heavy (non-hydrogen) atoms. The van der Waals surface area contributed by atoms with Gasteiger partial charge in [0.15, 0.2) is 0 Å². The maximum atomic E-state index is 13.0. The number of carbonyl (C=O) groups excluding carboxylic acids is 1. The SMILES string of the molecule is CCCC1C[C@@H](N)C[C@H]1C(=O)N1CCn2c(cc(C(F)(F)F)cc2=O)C1. The number of nitrogens with zero attached hydrogens (tertiary/aromatic N) is 2. The summed E-state index contributed by atoms with van der Waals surface area (Å²) < 4.78 is 40.2. The van der Waals surface area contributed by atoms with Crippen LogP contribution in [0.15, 0.2) is 16.9 Å². The zero-order valence-corrected chi connectivity index (χ0v) is 14.8. The van der Waals surface area contributed by atoms with Gasteiger partial charge in [-0.3, -0.25) is 9.59 Å². The van der Waals surface area contributed by atoms with Crippen LogP contribution in [0.25, 0.3) is 0 Å². The van der Waals surface area contributed by atoms with Gasteiger partial charge in [0.1, 0.15) is 0 Å². The van der Waals surface area contributed by atoms with Crippen molar-refractivity contribution >= 4 is 5.91 Å². The number of fused-ring (bicyclic) bond motifs is 1. The highest BCUT2D eigenvalue weighted by molar-refractivity contribution is 5.79. The first kappa shape index (κ1) is 18.9. The van der Waals surface area contributed by atoms with E-state index < -0.39 is 17.3 Å². The maximum absolute atomic E-state index is 13.0. The molecule has 0 spiro atoms. The van der Waals surface area contributed by atoms with Gasteiger partial charge in [0.05, 0.1) is 12.1 Å². The summed E-state index contributed by atoms with van der Waals surface area (Å²) in [5, 5.41) is 0. The number of halogens is 3. The Hall–Kier alpha value is -1.83.